The fourth-order valence-corrected chi connectivity index (χ4v) is 14.3. The molecule has 0 spiro atoms. The van der Waals surface area contributed by atoms with Crippen molar-refractivity contribution in [2.75, 3.05) is 39.6 Å². The zero-order valence-corrected chi connectivity index (χ0v) is 68.0. The highest BCUT2D eigenvalue weighted by Crippen LogP contribution is 2.45. The molecule has 0 fully saturated rings. The first kappa shape index (κ1) is 99.1. The summed E-state index contributed by atoms with van der Waals surface area (Å²) in [6.07, 6.45) is 64.1. The van der Waals surface area contributed by atoms with Gasteiger partial charge in [0.15, 0.2) is 12.2 Å². The summed E-state index contributed by atoms with van der Waals surface area (Å²) in [5, 5.41) is 10.6. The number of phosphoric ester groups is 2. The van der Waals surface area contributed by atoms with Crippen molar-refractivity contribution in [3.8, 4) is 0 Å². The number of rotatable bonds is 81. The van der Waals surface area contributed by atoms with Crippen molar-refractivity contribution in [2.45, 2.75) is 452 Å². The summed E-state index contributed by atoms with van der Waals surface area (Å²) in [6, 6.07) is 0. The third-order valence-electron chi connectivity index (χ3n) is 19.6. The second-order valence-corrected chi connectivity index (χ2v) is 33.1. The Labute approximate surface area is 619 Å². The van der Waals surface area contributed by atoms with Crippen molar-refractivity contribution < 1.29 is 80.2 Å². The van der Waals surface area contributed by atoms with Crippen molar-refractivity contribution >= 4 is 39.5 Å². The van der Waals surface area contributed by atoms with Gasteiger partial charge in [0.25, 0.3) is 0 Å². The number of carbonyl (C=O) groups excluding carboxylic acids is 4. The summed E-state index contributed by atoms with van der Waals surface area (Å²) in [5.41, 5.74) is 0. The van der Waals surface area contributed by atoms with Gasteiger partial charge in [-0.05, 0) is 37.5 Å². The summed E-state index contributed by atoms with van der Waals surface area (Å²) in [7, 11) is -9.92. The molecule has 0 heterocycles. The van der Waals surface area contributed by atoms with Crippen molar-refractivity contribution in [1.29, 1.82) is 0 Å². The van der Waals surface area contributed by atoms with Crippen LogP contribution in [0.5, 0.6) is 0 Å². The summed E-state index contributed by atoms with van der Waals surface area (Å²) in [5.74, 6) is -0.523. The Kier molecular flexibility index (Phi) is 72.2. The van der Waals surface area contributed by atoms with Crippen LogP contribution in [-0.4, -0.2) is 96.7 Å². The highest BCUT2D eigenvalue weighted by Gasteiger charge is 2.30. The van der Waals surface area contributed by atoms with E-state index in [1.165, 1.54) is 244 Å². The van der Waals surface area contributed by atoms with E-state index in [9.17, 15) is 43.2 Å². The molecule has 101 heavy (non-hydrogen) atoms. The molecule has 0 amide bonds. The Bertz CT molecular complexity index is 1940. The zero-order valence-electron chi connectivity index (χ0n) is 66.2. The molecule has 0 aliphatic rings. The maximum atomic E-state index is 13.1. The van der Waals surface area contributed by atoms with Gasteiger partial charge in [0, 0.05) is 25.7 Å². The maximum absolute atomic E-state index is 13.1. The normalized spacial score (nSPS) is 14.2. The number of hydrogen-bond acceptors (Lipinski definition) is 15. The number of unbranched alkanes of at least 4 members (excludes halogenated alkanes) is 50. The summed E-state index contributed by atoms with van der Waals surface area (Å²) in [4.78, 5) is 72.9. The molecule has 3 unspecified atom stereocenters. The van der Waals surface area contributed by atoms with Crippen LogP contribution < -0.4 is 0 Å². The third kappa shape index (κ3) is 74.7. The molecule has 0 aliphatic heterocycles. The molecule has 0 aromatic rings. The second-order valence-electron chi connectivity index (χ2n) is 30.2. The van der Waals surface area contributed by atoms with E-state index in [1.807, 2.05) is 0 Å². The number of phosphoric acid groups is 2. The van der Waals surface area contributed by atoms with Crippen LogP contribution in [0.25, 0.3) is 0 Å². The molecule has 19 heteroatoms. The van der Waals surface area contributed by atoms with Gasteiger partial charge in [-0.2, -0.15) is 0 Å². The first-order chi connectivity index (χ1) is 48.9. The van der Waals surface area contributed by atoms with Crippen molar-refractivity contribution in [1.82, 2.24) is 0 Å². The van der Waals surface area contributed by atoms with Crippen LogP contribution in [0.1, 0.15) is 433 Å². The molecular weight excluding hydrogens is 1320 g/mol. The minimum atomic E-state index is -4.96. The van der Waals surface area contributed by atoms with Gasteiger partial charge in [-0.1, -0.05) is 382 Å². The Hall–Kier alpha value is -1.94. The Balaban J connectivity index is 5.18. The minimum Gasteiger partial charge on any atom is -0.462 e. The molecule has 600 valence electrons. The van der Waals surface area contributed by atoms with Crippen molar-refractivity contribution in [3.05, 3.63) is 0 Å². The van der Waals surface area contributed by atoms with Crippen LogP contribution in [0.4, 0.5) is 0 Å². The van der Waals surface area contributed by atoms with E-state index >= 15 is 0 Å². The van der Waals surface area contributed by atoms with Crippen LogP contribution in [0.3, 0.4) is 0 Å². The predicted octanol–water partition coefficient (Wildman–Crippen LogP) is 24.7. The number of carbonyl (C=O) groups is 4. The van der Waals surface area contributed by atoms with E-state index in [1.54, 1.807) is 0 Å². The smallest absolute Gasteiger partial charge is 0.462 e. The molecule has 0 radical (unpaired) electrons. The molecule has 6 atom stereocenters. The summed E-state index contributed by atoms with van der Waals surface area (Å²) >= 11 is 0. The molecule has 3 N–H and O–H groups in total. The monoisotopic (exact) mass is 1480 g/mol. The van der Waals surface area contributed by atoms with E-state index in [0.717, 1.165) is 108 Å². The van der Waals surface area contributed by atoms with E-state index < -0.39 is 97.5 Å². The van der Waals surface area contributed by atoms with Gasteiger partial charge >= 0.3 is 39.5 Å². The quantitative estimate of drug-likeness (QED) is 0.0222. The fraction of sp³-hybridized carbons (Fsp3) is 0.951. The van der Waals surface area contributed by atoms with Gasteiger partial charge in [0.2, 0.25) is 0 Å². The van der Waals surface area contributed by atoms with Gasteiger partial charge in [-0.15, -0.1) is 0 Å². The highest BCUT2D eigenvalue weighted by atomic mass is 31.2. The maximum Gasteiger partial charge on any atom is 0.472 e. The standard InChI is InChI=1S/C82H160O17P2/c1-7-10-12-14-16-18-19-20-21-22-23-24-28-31-34-37-40-47-53-59-65-80(85)93-71-78(98-81(86)66-60-54-48-41-38-35-32-29-26-25-27-30-33-36-39-44-50-56-62-74(4)5)73-97-101(90,91)95-69-76(83)68-94-100(88,89)96-72-77(70-92-79(84)64-58-52-46-17-15-13-11-8-2)99-82(87)67-61-55-49-43-42-45-51-57-63-75(6)9-3/h74-78,83H,7-73H2,1-6H3,(H,88,89)(H,90,91)/t75?,76-,77+,78+/m0/s1. The molecule has 0 bridgehead atoms. The third-order valence-corrected chi connectivity index (χ3v) is 21.5. The lowest BCUT2D eigenvalue weighted by atomic mass is 9.99. The van der Waals surface area contributed by atoms with Gasteiger partial charge < -0.3 is 33.8 Å². The van der Waals surface area contributed by atoms with Crippen LogP contribution >= 0.6 is 15.6 Å². The average molecular weight is 1480 g/mol. The van der Waals surface area contributed by atoms with E-state index in [0.29, 0.717) is 25.7 Å². The van der Waals surface area contributed by atoms with Crippen molar-refractivity contribution in [3.63, 3.8) is 0 Å². The summed E-state index contributed by atoms with van der Waals surface area (Å²) in [6.45, 7) is 9.64. The van der Waals surface area contributed by atoms with Gasteiger partial charge in [-0.25, -0.2) is 9.13 Å². The lowest BCUT2D eigenvalue weighted by Gasteiger charge is -2.21. The van der Waals surface area contributed by atoms with Gasteiger partial charge in [0.05, 0.1) is 26.4 Å². The van der Waals surface area contributed by atoms with Crippen molar-refractivity contribution in [2.24, 2.45) is 11.8 Å². The number of aliphatic hydroxyl groups is 1. The SMILES string of the molecule is CCCCCCCCCCCCCCCCCCCCCCC(=O)OC[C@H](COP(=O)(O)OC[C@@H](O)COP(=O)(O)OC[C@@H](COC(=O)CCCCCCCCCC)OC(=O)CCCCCCCCCCC(C)CC)OC(=O)CCCCCCCCCCCCCCCCCCCCC(C)C. The molecule has 0 saturated heterocycles. The van der Waals surface area contributed by atoms with E-state index in [4.69, 9.17) is 37.0 Å². The number of hydrogen-bond donors (Lipinski definition) is 3. The number of esters is 4. The molecular formula is C82H160O17P2. The number of aliphatic hydroxyl groups excluding tert-OH is 1. The Morgan fingerprint density at radius 2 is 0.505 bits per heavy atom. The minimum absolute atomic E-state index is 0.105. The second kappa shape index (κ2) is 73.6. The first-order valence-corrected chi connectivity index (χ1v) is 45.5. The van der Waals surface area contributed by atoms with Crippen LogP contribution in [0.2, 0.25) is 0 Å². The first-order valence-electron chi connectivity index (χ1n) is 42.5. The van der Waals surface area contributed by atoms with E-state index in [-0.39, 0.29) is 25.7 Å². The number of ether oxygens (including phenoxy) is 4. The van der Waals surface area contributed by atoms with Crippen LogP contribution in [-0.2, 0) is 65.4 Å². The summed E-state index contributed by atoms with van der Waals surface area (Å²) < 4.78 is 68.6. The highest BCUT2D eigenvalue weighted by molar-refractivity contribution is 7.47. The molecule has 0 aromatic carbocycles. The lowest BCUT2D eigenvalue weighted by molar-refractivity contribution is -0.161. The average Bonchev–Trinajstić information content (AvgIpc) is 0.953. The molecule has 17 nitrogen and oxygen atoms in total. The molecule has 0 aliphatic carbocycles. The van der Waals surface area contributed by atoms with Crippen LogP contribution in [0, 0.1) is 11.8 Å². The van der Waals surface area contributed by atoms with E-state index in [2.05, 4.69) is 41.5 Å². The van der Waals surface area contributed by atoms with Gasteiger partial charge in [0.1, 0.15) is 19.3 Å². The van der Waals surface area contributed by atoms with Gasteiger partial charge in [-0.3, -0.25) is 37.3 Å². The Morgan fingerprint density at radius 3 is 0.752 bits per heavy atom. The largest absolute Gasteiger partial charge is 0.472 e. The molecule has 0 rings (SSSR count). The molecule has 0 aromatic heterocycles. The zero-order chi connectivity index (χ0) is 74.2. The van der Waals surface area contributed by atoms with Crippen LogP contribution in [0.15, 0.2) is 0 Å². The molecule has 0 saturated carbocycles. The lowest BCUT2D eigenvalue weighted by Crippen LogP contribution is -2.30. The fourth-order valence-electron chi connectivity index (χ4n) is 12.7. The predicted molar refractivity (Wildman–Crippen MR) is 414 cm³/mol. The Morgan fingerprint density at radius 1 is 0.287 bits per heavy atom. The topological polar surface area (TPSA) is 237 Å².